The van der Waals surface area contributed by atoms with Gasteiger partial charge >= 0.3 is 6.03 Å². The first-order valence-corrected chi connectivity index (χ1v) is 9.25. The molecule has 0 radical (unpaired) electrons. The Labute approximate surface area is 143 Å². The summed E-state index contributed by atoms with van der Waals surface area (Å²) in [5, 5.41) is 5.91. The number of hydrogen-bond acceptors (Lipinski definition) is 3. The molecular weight excluding hydrogens is 306 g/mol. The number of carbonyl (C=O) groups is 2. The summed E-state index contributed by atoms with van der Waals surface area (Å²) in [6.07, 6.45) is 8.02. The third-order valence-corrected chi connectivity index (χ3v) is 5.51. The first-order valence-electron chi connectivity index (χ1n) is 9.25. The molecule has 0 aromatic carbocycles. The highest BCUT2D eigenvalue weighted by molar-refractivity contribution is 6.01. The average molecular weight is 335 g/mol. The SMILES string of the molecule is CCNC(=NCCN1C(=O)CNC1=O)N1CCC2(CCCCC2)C1. The predicted molar refractivity (Wildman–Crippen MR) is 92.8 cm³/mol. The van der Waals surface area contributed by atoms with Crippen molar-refractivity contribution in [3.63, 3.8) is 0 Å². The van der Waals surface area contributed by atoms with E-state index in [-0.39, 0.29) is 18.5 Å². The number of aliphatic imine (C=N–C) groups is 1. The van der Waals surface area contributed by atoms with Gasteiger partial charge in [0.1, 0.15) is 0 Å². The van der Waals surface area contributed by atoms with E-state index in [9.17, 15) is 9.59 Å². The van der Waals surface area contributed by atoms with Gasteiger partial charge in [0.2, 0.25) is 5.91 Å². The van der Waals surface area contributed by atoms with Gasteiger partial charge in [-0.25, -0.2) is 4.79 Å². The number of likely N-dealkylation sites (tertiary alicyclic amines) is 1. The van der Waals surface area contributed by atoms with E-state index in [2.05, 4.69) is 27.4 Å². The van der Waals surface area contributed by atoms with Crippen LogP contribution in [0.15, 0.2) is 4.99 Å². The summed E-state index contributed by atoms with van der Waals surface area (Å²) >= 11 is 0. The molecule has 3 aliphatic rings. The highest BCUT2D eigenvalue weighted by Crippen LogP contribution is 2.43. The molecule has 0 bridgehead atoms. The lowest BCUT2D eigenvalue weighted by molar-refractivity contribution is -0.124. The van der Waals surface area contributed by atoms with Crippen LogP contribution < -0.4 is 10.6 Å². The number of carbonyl (C=O) groups excluding carboxylic acids is 2. The van der Waals surface area contributed by atoms with E-state index in [0.29, 0.717) is 18.5 Å². The summed E-state index contributed by atoms with van der Waals surface area (Å²) in [6, 6.07) is -0.303. The van der Waals surface area contributed by atoms with Gasteiger partial charge < -0.3 is 15.5 Å². The number of imide groups is 1. The first kappa shape index (κ1) is 17.0. The predicted octanol–water partition coefficient (Wildman–Crippen LogP) is 1.16. The fourth-order valence-corrected chi connectivity index (χ4v) is 4.19. The molecule has 24 heavy (non-hydrogen) atoms. The number of urea groups is 1. The van der Waals surface area contributed by atoms with E-state index in [1.807, 2.05) is 0 Å². The second kappa shape index (κ2) is 7.40. The topological polar surface area (TPSA) is 77.0 Å². The Kier molecular flexibility index (Phi) is 5.26. The quantitative estimate of drug-likeness (QED) is 0.459. The standard InChI is InChI=1S/C17H29N5O2/c1-2-18-15(19-9-11-22-14(23)12-20-16(22)24)21-10-8-17(13-21)6-4-3-5-7-17/h2-13H2,1H3,(H,18,19)(H,20,24). The van der Waals surface area contributed by atoms with E-state index in [4.69, 9.17) is 0 Å². The molecule has 0 aromatic rings. The number of hydrogen-bond donors (Lipinski definition) is 2. The van der Waals surface area contributed by atoms with Crippen molar-refractivity contribution >= 4 is 17.9 Å². The summed E-state index contributed by atoms with van der Waals surface area (Å²) < 4.78 is 0. The monoisotopic (exact) mass is 335 g/mol. The van der Waals surface area contributed by atoms with E-state index in [1.165, 1.54) is 43.4 Å². The van der Waals surface area contributed by atoms with Crippen LogP contribution in [0, 0.1) is 5.41 Å². The second-order valence-electron chi connectivity index (χ2n) is 7.17. The Hall–Kier alpha value is -1.79. The Morgan fingerprint density at radius 2 is 2.04 bits per heavy atom. The summed E-state index contributed by atoms with van der Waals surface area (Å²) in [7, 11) is 0. The zero-order valence-corrected chi connectivity index (χ0v) is 14.6. The average Bonchev–Trinajstić information content (AvgIpc) is 3.13. The van der Waals surface area contributed by atoms with Crippen LogP contribution in [-0.4, -0.2) is 67.0 Å². The van der Waals surface area contributed by atoms with Crippen LogP contribution in [0.4, 0.5) is 4.79 Å². The Bertz CT molecular complexity index is 497. The Morgan fingerprint density at radius 3 is 2.71 bits per heavy atom. The summed E-state index contributed by atoms with van der Waals surface area (Å²) in [4.78, 5) is 31.5. The van der Waals surface area contributed by atoms with Crippen LogP contribution in [0.2, 0.25) is 0 Å². The lowest BCUT2D eigenvalue weighted by Crippen LogP contribution is -2.42. The third kappa shape index (κ3) is 3.65. The van der Waals surface area contributed by atoms with Gasteiger partial charge in [0.15, 0.2) is 5.96 Å². The zero-order valence-electron chi connectivity index (χ0n) is 14.6. The van der Waals surface area contributed by atoms with Crippen LogP contribution in [0.25, 0.3) is 0 Å². The maximum Gasteiger partial charge on any atom is 0.324 e. The summed E-state index contributed by atoms with van der Waals surface area (Å²) in [5.41, 5.74) is 0.485. The molecule has 3 amide bonds. The summed E-state index contributed by atoms with van der Waals surface area (Å²) in [5.74, 6) is 0.759. The van der Waals surface area contributed by atoms with Crippen molar-refractivity contribution in [2.45, 2.75) is 45.4 Å². The smallest absolute Gasteiger partial charge is 0.324 e. The van der Waals surface area contributed by atoms with Gasteiger partial charge in [0, 0.05) is 19.6 Å². The van der Waals surface area contributed by atoms with Gasteiger partial charge in [-0.15, -0.1) is 0 Å². The summed E-state index contributed by atoms with van der Waals surface area (Å²) in [6.45, 7) is 5.93. The van der Waals surface area contributed by atoms with E-state index in [0.717, 1.165) is 25.6 Å². The molecule has 0 unspecified atom stereocenters. The van der Waals surface area contributed by atoms with Gasteiger partial charge in [-0.05, 0) is 31.6 Å². The van der Waals surface area contributed by atoms with Crippen LogP contribution in [0.1, 0.15) is 45.4 Å². The van der Waals surface area contributed by atoms with Crippen molar-refractivity contribution in [2.75, 3.05) is 39.3 Å². The Morgan fingerprint density at radius 1 is 1.25 bits per heavy atom. The highest BCUT2D eigenvalue weighted by Gasteiger charge is 2.39. The second-order valence-corrected chi connectivity index (χ2v) is 7.17. The molecule has 3 fully saturated rings. The molecule has 7 nitrogen and oxygen atoms in total. The minimum Gasteiger partial charge on any atom is -0.357 e. The third-order valence-electron chi connectivity index (χ3n) is 5.51. The molecule has 2 saturated heterocycles. The van der Waals surface area contributed by atoms with Crippen molar-refractivity contribution < 1.29 is 9.59 Å². The van der Waals surface area contributed by atoms with Gasteiger partial charge in [0.05, 0.1) is 19.6 Å². The molecule has 2 heterocycles. The molecule has 134 valence electrons. The van der Waals surface area contributed by atoms with Crippen molar-refractivity contribution in [1.29, 1.82) is 0 Å². The number of amides is 3. The van der Waals surface area contributed by atoms with Crippen molar-refractivity contribution in [3.05, 3.63) is 0 Å². The van der Waals surface area contributed by atoms with E-state index < -0.39 is 0 Å². The van der Waals surface area contributed by atoms with E-state index in [1.54, 1.807) is 0 Å². The lowest BCUT2D eigenvalue weighted by atomic mass is 9.73. The minimum atomic E-state index is -0.303. The zero-order chi connectivity index (χ0) is 17.0. The van der Waals surface area contributed by atoms with Gasteiger partial charge in [-0.3, -0.25) is 14.7 Å². The molecule has 0 atom stereocenters. The maximum atomic E-state index is 11.6. The van der Waals surface area contributed by atoms with Gasteiger partial charge in [-0.1, -0.05) is 19.3 Å². The molecule has 7 heteroatoms. The fourth-order valence-electron chi connectivity index (χ4n) is 4.19. The maximum absolute atomic E-state index is 11.6. The molecule has 2 N–H and O–H groups in total. The molecule has 1 spiro atoms. The number of nitrogens with one attached hydrogen (secondary N) is 2. The minimum absolute atomic E-state index is 0.108. The molecule has 2 aliphatic heterocycles. The highest BCUT2D eigenvalue weighted by atomic mass is 16.2. The van der Waals surface area contributed by atoms with Gasteiger partial charge in [0.25, 0.3) is 0 Å². The number of nitrogens with zero attached hydrogens (tertiary/aromatic N) is 3. The molecule has 0 aromatic heterocycles. The Balaban J connectivity index is 1.58. The lowest BCUT2D eigenvalue weighted by Gasteiger charge is -2.33. The molecular formula is C17H29N5O2. The number of guanidine groups is 1. The van der Waals surface area contributed by atoms with Crippen LogP contribution in [-0.2, 0) is 4.79 Å². The molecule has 1 aliphatic carbocycles. The molecule has 1 saturated carbocycles. The van der Waals surface area contributed by atoms with Crippen molar-refractivity contribution in [1.82, 2.24) is 20.4 Å². The normalized spacial score (nSPS) is 24.0. The van der Waals surface area contributed by atoms with Crippen LogP contribution >= 0.6 is 0 Å². The van der Waals surface area contributed by atoms with Gasteiger partial charge in [-0.2, -0.15) is 0 Å². The van der Waals surface area contributed by atoms with E-state index >= 15 is 0 Å². The molecule has 3 rings (SSSR count). The largest absolute Gasteiger partial charge is 0.357 e. The van der Waals surface area contributed by atoms with Crippen LogP contribution in [0.5, 0.6) is 0 Å². The van der Waals surface area contributed by atoms with Crippen molar-refractivity contribution in [3.8, 4) is 0 Å². The number of rotatable bonds is 4. The first-order chi connectivity index (χ1) is 11.6. The fraction of sp³-hybridized carbons (Fsp3) is 0.824. The van der Waals surface area contributed by atoms with Crippen LogP contribution in [0.3, 0.4) is 0 Å². The van der Waals surface area contributed by atoms with Crippen molar-refractivity contribution in [2.24, 2.45) is 10.4 Å².